The van der Waals surface area contributed by atoms with Crippen molar-refractivity contribution >= 4 is 27.3 Å². The molecule has 0 spiro atoms. The summed E-state index contributed by atoms with van der Waals surface area (Å²) in [6.07, 6.45) is 5.41. The summed E-state index contributed by atoms with van der Waals surface area (Å²) in [4.78, 5) is 13.0. The van der Waals surface area contributed by atoms with E-state index in [0.717, 1.165) is 35.6 Å². The molecule has 4 rings (SSSR count). The van der Waals surface area contributed by atoms with Gasteiger partial charge in [-0.05, 0) is 43.5 Å². The SMILES string of the molecule is Cc1ccc2c(c1)NC(=O)c1cc(S(=O)(=O)N(C)C)c(NC3CCCCC3)cc1O2. The lowest BCUT2D eigenvalue weighted by Crippen LogP contribution is -2.27. The molecule has 1 heterocycles. The minimum Gasteiger partial charge on any atom is -0.454 e. The Hall–Kier alpha value is -2.58. The van der Waals surface area contributed by atoms with Gasteiger partial charge in [-0.15, -0.1) is 0 Å². The fourth-order valence-corrected chi connectivity index (χ4v) is 5.01. The molecule has 0 saturated heterocycles. The summed E-state index contributed by atoms with van der Waals surface area (Å²) in [6.45, 7) is 1.93. The molecule has 30 heavy (non-hydrogen) atoms. The van der Waals surface area contributed by atoms with E-state index in [1.807, 2.05) is 19.1 Å². The van der Waals surface area contributed by atoms with E-state index >= 15 is 0 Å². The minimum atomic E-state index is -3.77. The quantitative estimate of drug-likeness (QED) is 0.755. The number of nitrogens with one attached hydrogen (secondary N) is 2. The first-order valence-electron chi connectivity index (χ1n) is 10.2. The van der Waals surface area contributed by atoms with E-state index in [-0.39, 0.29) is 16.5 Å². The van der Waals surface area contributed by atoms with Gasteiger partial charge >= 0.3 is 0 Å². The predicted octanol–water partition coefficient (Wildman–Crippen LogP) is 4.35. The van der Waals surface area contributed by atoms with Gasteiger partial charge in [-0.2, -0.15) is 0 Å². The highest BCUT2D eigenvalue weighted by molar-refractivity contribution is 7.89. The van der Waals surface area contributed by atoms with Gasteiger partial charge in [0.1, 0.15) is 10.6 Å². The number of ether oxygens (including phenoxy) is 1. The molecule has 2 aliphatic rings. The van der Waals surface area contributed by atoms with Crippen LogP contribution in [0.1, 0.15) is 48.0 Å². The lowest BCUT2D eigenvalue weighted by atomic mass is 9.95. The van der Waals surface area contributed by atoms with Crippen LogP contribution in [0.25, 0.3) is 0 Å². The molecule has 160 valence electrons. The van der Waals surface area contributed by atoms with Gasteiger partial charge in [-0.25, -0.2) is 12.7 Å². The van der Waals surface area contributed by atoms with E-state index in [9.17, 15) is 13.2 Å². The molecule has 0 aromatic heterocycles. The van der Waals surface area contributed by atoms with Crippen molar-refractivity contribution in [2.24, 2.45) is 0 Å². The molecule has 2 N–H and O–H groups in total. The monoisotopic (exact) mass is 429 g/mol. The third kappa shape index (κ3) is 3.89. The number of sulfonamides is 1. The molecule has 1 saturated carbocycles. The average molecular weight is 430 g/mol. The molecule has 1 amide bonds. The number of carbonyl (C=O) groups is 1. The van der Waals surface area contributed by atoms with Crippen molar-refractivity contribution in [2.75, 3.05) is 24.7 Å². The molecule has 0 unspecified atom stereocenters. The lowest BCUT2D eigenvalue weighted by Gasteiger charge is -2.26. The van der Waals surface area contributed by atoms with E-state index in [1.165, 1.54) is 26.6 Å². The van der Waals surface area contributed by atoms with Crippen LogP contribution in [0.15, 0.2) is 35.2 Å². The van der Waals surface area contributed by atoms with Crippen molar-refractivity contribution in [3.63, 3.8) is 0 Å². The van der Waals surface area contributed by atoms with Crippen LogP contribution in [0.3, 0.4) is 0 Å². The lowest BCUT2D eigenvalue weighted by molar-refractivity contribution is 0.102. The Balaban J connectivity index is 1.83. The van der Waals surface area contributed by atoms with Crippen LogP contribution in [-0.4, -0.2) is 38.8 Å². The van der Waals surface area contributed by atoms with Crippen molar-refractivity contribution in [1.29, 1.82) is 0 Å². The zero-order chi connectivity index (χ0) is 21.5. The fraction of sp³-hybridized carbons (Fsp3) is 0.409. The topological polar surface area (TPSA) is 87.7 Å². The number of hydrogen-bond donors (Lipinski definition) is 2. The second-order valence-corrected chi connectivity index (χ2v) is 10.3. The molecule has 2 aromatic carbocycles. The first-order chi connectivity index (χ1) is 14.3. The van der Waals surface area contributed by atoms with E-state index in [4.69, 9.17) is 4.74 Å². The normalized spacial score (nSPS) is 16.9. The Morgan fingerprint density at radius 1 is 1.07 bits per heavy atom. The van der Waals surface area contributed by atoms with Crippen molar-refractivity contribution in [3.8, 4) is 11.5 Å². The number of anilines is 2. The largest absolute Gasteiger partial charge is 0.454 e. The number of hydrogen-bond acceptors (Lipinski definition) is 5. The number of fused-ring (bicyclic) bond motifs is 2. The van der Waals surface area contributed by atoms with Gasteiger partial charge in [0.15, 0.2) is 5.75 Å². The van der Waals surface area contributed by atoms with E-state index in [2.05, 4.69) is 10.6 Å². The summed E-state index contributed by atoms with van der Waals surface area (Å²) < 4.78 is 33.3. The molecule has 1 fully saturated rings. The fourth-order valence-electron chi connectivity index (χ4n) is 3.95. The van der Waals surface area contributed by atoms with Gasteiger partial charge in [-0.1, -0.05) is 25.3 Å². The first-order valence-corrected chi connectivity index (χ1v) is 11.7. The third-order valence-corrected chi connectivity index (χ3v) is 7.51. The number of benzene rings is 2. The Morgan fingerprint density at radius 3 is 2.50 bits per heavy atom. The Kier molecular flexibility index (Phi) is 5.46. The molecule has 0 bridgehead atoms. The summed E-state index contributed by atoms with van der Waals surface area (Å²) in [7, 11) is -0.793. The highest BCUT2D eigenvalue weighted by Gasteiger charge is 2.29. The van der Waals surface area contributed by atoms with Gasteiger partial charge in [0.25, 0.3) is 5.91 Å². The van der Waals surface area contributed by atoms with Crippen LogP contribution < -0.4 is 15.4 Å². The van der Waals surface area contributed by atoms with Crippen molar-refractivity contribution in [1.82, 2.24) is 4.31 Å². The summed E-state index contributed by atoms with van der Waals surface area (Å²) in [5.41, 5.74) is 2.21. The smallest absolute Gasteiger partial charge is 0.259 e. The number of rotatable bonds is 4. The molecule has 1 aliphatic carbocycles. The zero-order valence-electron chi connectivity index (χ0n) is 17.5. The molecular weight excluding hydrogens is 402 g/mol. The number of nitrogens with zero attached hydrogens (tertiary/aromatic N) is 1. The zero-order valence-corrected chi connectivity index (χ0v) is 18.3. The van der Waals surface area contributed by atoms with Crippen LogP contribution in [0.2, 0.25) is 0 Å². The maximum Gasteiger partial charge on any atom is 0.259 e. The molecule has 7 nitrogen and oxygen atoms in total. The second kappa shape index (κ2) is 7.92. The third-order valence-electron chi connectivity index (χ3n) is 5.65. The molecular formula is C22H27N3O4S. The van der Waals surface area contributed by atoms with Crippen molar-refractivity contribution < 1.29 is 17.9 Å². The highest BCUT2D eigenvalue weighted by Crippen LogP contribution is 2.40. The molecule has 2 aromatic rings. The van der Waals surface area contributed by atoms with E-state index in [0.29, 0.717) is 22.9 Å². The predicted molar refractivity (Wildman–Crippen MR) is 117 cm³/mol. The van der Waals surface area contributed by atoms with Gasteiger partial charge in [-0.3, -0.25) is 4.79 Å². The van der Waals surface area contributed by atoms with Gasteiger partial charge < -0.3 is 15.4 Å². The van der Waals surface area contributed by atoms with Crippen molar-refractivity contribution in [2.45, 2.75) is 50.0 Å². The highest BCUT2D eigenvalue weighted by atomic mass is 32.2. The maximum atomic E-state index is 13.0. The van der Waals surface area contributed by atoms with Crippen LogP contribution in [0.5, 0.6) is 11.5 Å². The molecule has 8 heteroatoms. The second-order valence-electron chi connectivity index (χ2n) is 8.17. The average Bonchev–Trinajstić information content (AvgIpc) is 2.83. The van der Waals surface area contributed by atoms with Crippen molar-refractivity contribution in [3.05, 3.63) is 41.5 Å². The van der Waals surface area contributed by atoms with Gasteiger partial charge in [0, 0.05) is 26.2 Å². The molecule has 0 atom stereocenters. The van der Waals surface area contributed by atoms with Crippen LogP contribution in [0.4, 0.5) is 11.4 Å². The summed E-state index contributed by atoms with van der Waals surface area (Å²) in [6, 6.07) is 8.81. The van der Waals surface area contributed by atoms with Gasteiger partial charge in [0.2, 0.25) is 10.0 Å². The Labute approximate surface area is 177 Å². The van der Waals surface area contributed by atoms with E-state index < -0.39 is 15.9 Å². The van der Waals surface area contributed by atoms with Crippen LogP contribution in [-0.2, 0) is 10.0 Å². The maximum absolute atomic E-state index is 13.0. The number of carbonyl (C=O) groups excluding carboxylic acids is 1. The summed E-state index contributed by atoms with van der Waals surface area (Å²) in [5.74, 6) is 0.472. The summed E-state index contributed by atoms with van der Waals surface area (Å²) >= 11 is 0. The van der Waals surface area contributed by atoms with Crippen LogP contribution in [0, 0.1) is 6.92 Å². The Morgan fingerprint density at radius 2 is 1.80 bits per heavy atom. The van der Waals surface area contributed by atoms with E-state index in [1.54, 1.807) is 12.1 Å². The van der Waals surface area contributed by atoms with Crippen LogP contribution >= 0.6 is 0 Å². The Bertz CT molecular complexity index is 1090. The number of amides is 1. The number of aryl methyl sites for hydroxylation is 1. The standard InChI is InChI=1S/C22H27N3O4S/c1-14-9-10-19-17(11-14)24-22(26)16-12-21(30(27,28)25(2)3)18(13-20(16)29-19)23-15-7-5-4-6-8-15/h9-13,15,23H,4-8H2,1-3H3,(H,24,26). The first kappa shape index (κ1) is 20.7. The minimum absolute atomic E-state index is 0.0812. The summed E-state index contributed by atoms with van der Waals surface area (Å²) in [5, 5.41) is 6.25. The van der Waals surface area contributed by atoms with Gasteiger partial charge in [0.05, 0.1) is 16.9 Å². The molecule has 0 radical (unpaired) electrons. The molecule has 1 aliphatic heterocycles.